The van der Waals surface area contributed by atoms with E-state index in [2.05, 4.69) is 15.4 Å². The van der Waals surface area contributed by atoms with E-state index in [0.717, 1.165) is 0 Å². The number of ketones is 1. The maximum atomic E-state index is 13.3. The normalized spacial score (nSPS) is 20.3. The van der Waals surface area contributed by atoms with E-state index < -0.39 is 12.7 Å². The maximum absolute atomic E-state index is 13.3. The highest BCUT2D eigenvalue weighted by atomic mass is 19.3. The van der Waals surface area contributed by atoms with Crippen LogP contribution in [0.2, 0.25) is 0 Å². The number of allylic oxidation sites excluding steroid dienone is 2. The molecule has 0 spiro atoms. The van der Waals surface area contributed by atoms with Crippen LogP contribution in [0.4, 0.5) is 14.7 Å². The molecule has 1 aliphatic heterocycles. The Morgan fingerprint density at radius 2 is 1.84 bits per heavy atom. The van der Waals surface area contributed by atoms with Crippen LogP contribution in [0.1, 0.15) is 35.9 Å². The molecule has 0 radical (unpaired) electrons. The van der Waals surface area contributed by atoms with Gasteiger partial charge in [-0.25, -0.2) is 4.68 Å². The molecule has 2 N–H and O–H groups in total. The Hall–Kier alpha value is -3.75. The fourth-order valence-corrected chi connectivity index (χ4v) is 4.40. The Morgan fingerprint density at radius 1 is 1.10 bits per heavy atom. The lowest BCUT2D eigenvalue weighted by molar-refractivity contribution is -0.116. The van der Waals surface area contributed by atoms with Crippen molar-refractivity contribution in [2.24, 2.45) is 0 Å². The molecule has 31 heavy (non-hydrogen) atoms. The van der Waals surface area contributed by atoms with Gasteiger partial charge in [0.1, 0.15) is 23.9 Å². The van der Waals surface area contributed by atoms with E-state index >= 15 is 0 Å². The highest BCUT2D eigenvalue weighted by molar-refractivity contribution is 6.00. The molecule has 0 saturated carbocycles. The van der Waals surface area contributed by atoms with Gasteiger partial charge in [-0.15, -0.1) is 0 Å². The average molecular weight is 424 g/mol. The molecule has 7 nitrogen and oxygen atoms in total. The summed E-state index contributed by atoms with van der Waals surface area (Å²) in [5.74, 6) is 0.146. The van der Waals surface area contributed by atoms with Crippen LogP contribution in [0.5, 0.6) is 11.5 Å². The van der Waals surface area contributed by atoms with Crippen molar-refractivity contribution in [2.45, 2.75) is 31.4 Å². The number of alkyl halides is 2. The Balaban J connectivity index is 1.62. The Morgan fingerprint density at radius 3 is 2.61 bits per heavy atom. The Labute approximate surface area is 176 Å². The van der Waals surface area contributed by atoms with Crippen LogP contribution in [0, 0.1) is 0 Å². The zero-order valence-electron chi connectivity index (χ0n) is 16.2. The van der Waals surface area contributed by atoms with Crippen molar-refractivity contribution in [3.05, 3.63) is 77.3 Å². The summed E-state index contributed by atoms with van der Waals surface area (Å²) >= 11 is 0. The number of fused-ring (bicyclic) bond motifs is 1. The van der Waals surface area contributed by atoms with Crippen molar-refractivity contribution in [1.29, 1.82) is 0 Å². The number of aromatic hydroxyl groups is 1. The molecule has 3 aromatic rings. The van der Waals surface area contributed by atoms with Crippen LogP contribution in [0.15, 0.2) is 66.1 Å². The van der Waals surface area contributed by atoms with E-state index in [1.165, 1.54) is 17.1 Å². The standard InChI is InChI=1S/C22H18F2N4O3/c23-21(24)31-18-8-4-2-6-14(18)20-19-15(27-22-25-11-26-28(20)22)9-12(10-17(19)30)13-5-1-3-7-16(13)29/h1-8,11-12,20-21,29H,9-10H2,(H,25,26,27)/t12-,20-/m0/s1. The second-order valence-electron chi connectivity index (χ2n) is 7.45. The van der Waals surface area contributed by atoms with Gasteiger partial charge in [0.25, 0.3) is 0 Å². The fourth-order valence-electron chi connectivity index (χ4n) is 4.40. The van der Waals surface area contributed by atoms with Gasteiger partial charge in [0.2, 0.25) is 5.95 Å². The summed E-state index contributed by atoms with van der Waals surface area (Å²) in [6.07, 6.45) is 1.98. The van der Waals surface area contributed by atoms with E-state index in [1.807, 2.05) is 6.07 Å². The van der Waals surface area contributed by atoms with Crippen LogP contribution < -0.4 is 10.1 Å². The molecular weight excluding hydrogens is 406 g/mol. The number of Topliss-reactive ketones (excluding diaryl/α,β-unsaturated/α-hetero) is 1. The Bertz CT molecular complexity index is 1190. The third-order valence-electron chi connectivity index (χ3n) is 5.67. The average Bonchev–Trinajstić information content (AvgIpc) is 3.21. The van der Waals surface area contributed by atoms with Gasteiger partial charge < -0.3 is 15.2 Å². The molecule has 2 atom stereocenters. The summed E-state index contributed by atoms with van der Waals surface area (Å²) in [4.78, 5) is 17.6. The number of hydrogen-bond acceptors (Lipinski definition) is 6. The summed E-state index contributed by atoms with van der Waals surface area (Å²) in [5, 5.41) is 17.6. The highest BCUT2D eigenvalue weighted by Gasteiger charge is 2.40. The van der Waals surface area contributed by atoms with Crippen LogP contribution in [0.3, 0.4) is 0 Å². The van der Waals surface area contributed by atoms with Crippen molar-refractivity contribution in [3.8, 4) is 11.5 Å². The molecule has 0 bridgehead atoms. The molecular formula is C22H18F2N4O3. The molecule has 9 heteroatoms. The zero-order valence-corrected chi connectivity index (χ0v) is 16.2. The van der Waals surface area contributed by atoms with E-state index in [4.69, 9.17) is 4.74 Å². The number of ether oxygens (including phenoxy) is 1. The first-order chi connectivity index (χ1) is 15.0. The van der Waals surface area contributed by atoms with Gasteiger partial charge in [-0.2, -0.15) is 18.9 Å². The lowest BCUT2D eigenvalue weighted by atomic mass is 9.77. The van der Waals surface area contributed by atoms with E-state index in [-0.39, 0.29) is 29.6 Å². The van der Waals surface area contributed by atoms with Crippen LogP contribution in [-0.2, 0) is 4.79 Å². The topological polar surface area (TPSA) is 89.3 Å². The van der Waals surface area contributed by atoms with Gasteiger partial charge in [-0.05, 0) is 24.1 Å². The SMILES string of the molecule is O=C1C[C@@H](c2ccccc2O)CC2=C1[C@H](c1ccccc1OC(F)F)n1ncnc1N2. The summed E-state index contributed by atoms with van der Waals surface area (Å²) in [6, 6.07) is 12.6. The molecule has 1 aliphatic carbocycles. The summed E-state index contributed by atoms with van der Waals surface area (Å²) < 4.78 is 32.3. The summed E-state index contributed by atoms with van der Waals surface area (Å²) in [5.41, 5.74) is 2.17. The Kier molecular flexibility index (Phi) is 4.65. The van der Waals surface area contributed by atoms with Crippen molar-refractivity contribution < 1.29 is 23.4 Å². The van der Waals surface area contributed by atoms with Crippen LogP contribution >= 0.6 is 0 Å². The van der Waals surface area contributed by atoms with Gasteiger partial charge in [0, 0.05) is 29.2 Å². The van der Waals surface area contributed by atoms with Crippen molar-refractivity contribution in [2.75, 3.05) is 5.32 Å². The molecule has 0 unspecified atom stereocenters. The number of phenols is 1. The first kappa shape index (κ1) is 19.2. The fraction of sp³-hybridized carbons (Fsp3) is 0.227. The predicted molar refractivity (Wildman–Crippen MR) is 107 cm³/mol. The predicted octanol–water partition coefficient (Wildman–Crippen LogP) is 4.00. The molecule has 0 amide bonds. The number of carbonyl (C=O) groups excluding carboxylic acids is 1. The van der Waals surface area contributed by atoms with Gasteiger partial charge in [-0.1, -0.05) is 36.4 Å². The maximum Gasteiger partial charge on any atom is 0.387 e. The van der Waals surface area contributed by atoms with Gasteiger partial charge >= 0.3 is 6.61 Å². The van der Waals surface area contributed by atoms with Crippen molar-refractivity contribution in [1.82, 2.24) is 14.8 Å². The number of halogens is 2. The van der Waals surface area contributed by atoms with Crippen LogP contribution in [0.25, 0.3) is 0 Å². The van der Waals surface area contributed by atoms with Crippen LogP contribution in [-0.4, -0.2) is 32.3 Å². The first-order valence-electron chi connectivity index (χ1n) is 9.77. The van der Waals surface area contributed by atoms with E-state index in [0.29, 0.717) is 34.8 Å². The van der Waals surface area contributed by atoms with E-state index in [1.54, 1.807) is 36.4 Å². The highest BCUT2D eigenvalue weighted by Crippen LogP contribution is 2.46. The third-order valence-corrected chi connectivity index (χ3v) is 5.67. The minimum absolute atomic E-state index is 0.0201. The number of rotatable bonds is 4. The smallest absolute Gasteiger partial charge is 0.387 e. The summed E-state index contributed by atoms with van der Waals surface area (Å²) in [7, 11) is 0. The second kappa shape index (κ2) is 7.50. The number of nitrogens with one attached hydrogen (secondary N) is 1. The molecule has 0 saturated heterocycles. The lowest BCUT2D eigenvalue weighted by Gasteiger charge is -2.35. The summed E-state index contributed by atoms with van der Waals surface area (Å²) in [6.45, 7) is -3.00. The number of para-hydroxylation sites is 2. The number of phenolic OH excluding ortho intramolecular Hbond substituents is 1. The van der Waals surface area contributed by atoms with E-state index in [9.17, 15) is 18.7 Å². The largest absolute Gasteiger partial charge is 0.508 e. The second-order valence-corrected chi connectivity index (χ2v) is 7.45. The molecule has 158 valence electrons. The number of hydrogen-bond donors (Lipinski definition) is 2. The number of anilines is 1. The molecule has 2 aliphatic rings. The van der Waals surface area contributed by atoms with Gasteiger partial charge in [-0.3, -0.25) is 4.79 Å². The minimum Gasteiger partial charge on any atom is -0.508 e. The molecule has 2 aromatic carbocycles. The molecule has 5 rings (SSSR count). The van der Waals surface area contributed by atoms with Gasteiger partial charge in [0.05, 0.1) is 0 Å². The zero-order chi connectivity index (χ0) is 21.5. The first-order valence-corrected chi connectivity index (χ1v) is 9.77. The molecule has 2 heterocycles. The number of benzene rings is 2. The minimum atomic E-state index is -3.00. The third kappa shape index (κ3) is 3.31. The quantitative estimate of drug-likeness (QED) is 0.658. The van der Waals surface area contributed by atoms with Crippen molar-refractivity contribution >= 4 is 11.7 Å². The van der Waals surface area contributed by atoms with Crippen molar-refractivity contribution in [3.63, 3.8) is 0 Å². The number of aromatic nitrogens is 3. The lowest BCUT2D eigenvalue weighted by Crippen LogP contribution is -2.33. The number of carbonyl (C=O) groups is 1. The van der Waals surface area contributed by atoms with Gasteiger partial charge in [0.15, 0.2) is 5.78 Å². The number of nitrogens with zero attached hydrogens (tertiary/aromatic N) is 3. The molecule has 0 fully saturated rings. The molecule has 1 aromatic heterocycles. The monoisotopic (exact) mass is 424 g/mol.